The molecule has 61 heavy (non-hydrogen) atoms. The summed E-state index contributed by atoms with van der Waals surface area (Å²) in [4.78, 5) is 10.5. The lowest BCUT2D eigenvalue weighted by Gasteiger charge is -2.28. The van der Waals surface area contributed by atoms with Crippen molar-refractivity contribution < 1.29 is 0 Å². The number of fused-ring (bicyclic) bond motifs is 7. The smallest absolute Gasteiger partial charge is 0.160 e. The van der Waals surface area contributed by atoms with Crippen molar-refractivity contribution in [3.63, 3.8) is 0 Å². The number of rotatable bonds is 6. The van der Waals surface area contributed by atoms with Gasteiger partial charge in [-0.25, -0.2) is 9.97 Å². The van der Waals surface area contributed by atoms with Gasteiger partial charge in [-0.3, -0.25) is 0 Å². The van der Waals surface area contributed by atoms with E-state index >= 15 is 0 Å². The Morgan fingerprint density at radius 1 is 0.344 bits per heavy atom. The average molecular weight is 795 g/mol. The van der Waals surface area contributed by atoms with Crippen LogP contribution in [0.15, 0.2) is 212 Å². The molecule has 0 aliphatic heterocycles. The van der Waals surface area contributed by atoms with Crippen LogP contribution in [0.1, 0.15) is 23.6 Å². The summed E-state index contributed by atoms with van der Waals surface area (Å²) >= 11 is 1.83. The predicted octanol–water partition coefficient (Wildman–Crippen LogP) is 15.7. The Kier molecular flexibility index (Phi) is 8.19. The summed E-state index contributed by atoms with van der Waals surface area (Å²) in [5.41, 5.74) is 16.1. The summed E-state index contributed by atoms with van der Waals surface area (Å²) < 4.78 is 2.57. The lowest BCUT2D eigenvalue weighted by molar-refractivity contribution is 0.714. The van der Waals surface area contributed by atoms with E-state index in [9.17, 15) is 0 Å². The fourth-order valence-electron chi connectivity index (χ4n) is 9.73. The Labute approximate surface area is 359 Å². The van der Waals surface area contributed by atoms with E-state index < -0.39 is 0 Å². The molecule has 2 nitrogen and oxygen atoms in total. The third-order valence-corrected chi connectivity index (χ3v) is 14.0. The minimum absolute atomic E-state index is 0.251. The average Bonchev–Trinajstić information content (AvgIpc) is 3.84. The normalized spacial score (nSPS) is 14.4. The zero-order valence-corrected chi connectivity index (χ0v) is 34.3. The van der Waals surface area contributed by atoms with Gasteiger partial charge in [-0.05, 0) is 104 Å². The summed E-state index contributed by atoms with van der Waals surface area (Å²) in [6, 6.07) is 77.1. The van der Waals surface area contributed by atoms with Gasteiger partial charge in [0.15, 0.2) is 5.82 Å². The van der Waals surface area contributed by atoms with Gasteiger partial charge in [0.25, 0.3) is 0 Å². The lowest BCUT2D eigenvalue weighted by Crippen LogP contribution is -2.22. The number of thiophene rings is 1. The van der Waals surface area contributed by atoms with Gasteiger partial charge in [0.2, 0.25) is 0 Å². The van der Waals surface area contributed by atoms with Gasteiger partial charge in [-0.1, -0.05) is 176 Å². The quantitative estimate of drug-likeness (QED) is 0.168. The maximum Gasteiger partial charge on any atom is 0.160 e. The van der Waals surface area contributed by atoms with Crippen LogP contribution in [-0.4, -0.2) is 9.97 Å². The van der Waals surface area contributed by atoms with Gasteiger partial charge in [0, 0.05) is 42.3 Å². The van der Waals surface area contributed by atoms with Crippen molar-refractivity contribution >= 4 is 42.3 Å². The molecule has 1 atom stereocenters. The molecule has 0 saturated heterocycles. The first-order valence-electron chi connectivity index (χ1n) is 20.9. The van der Waals surface area contributed by atoms with Crippen molar-refractivity contribution in [1.29, 1.82) is 0 Å². The molecular weight excluding hydrogens is 757 g/mol. The molecule has 0 amide bonds. The van der Waals surface area contributed by atoms with E-state index in [1.165, 1.54) is 75.6 Å². The number of hydrogen-bond donors (Lipinski definition) is 0. The molecule has 0 bridgehead atoms. The van der Waals surface area contributed by atoms with Crippen LogP contribution in [0, 0.1) is 0 Å². The molecule has 11 aromatic rings. The zero-order chi connectivity index (χ0) is 40.5. The summed E-state index contributed by atoms with van der Waals surface area (Å²) in [6.45, 7) is 2.38. The van der Waals surface area contributed by atoms with Crippen molar-refractivity contribution in [2.24, 2.45) is 0 Å². The molecular formula is C58H38N2S. The summed E-state index contributed by atoms with van der Waals surface area (Å²) in [7, 11) is 0. The van der Waals surface area contributed by atoms with Gasteiger partial charge in [-0.15, -0.1) is 11.3 Å². The highest BCUT2D eigenvalue weighted by atomic mass is 32.1. The van der Waals surface area contributed by atoms with E-state index in [0.29, 0.717) is 5.82 Å². The maximum absolute atomic E-state index is 5.28. The van der Waals surface area contributed by atoms with E-state index in [1.54, 1.807) is 0 Å². The first-order chi connectivity index (χ1) is 30.1. The second-order valence-corrected chi connectivity index (χ2v) is 17.3. The number of aromatic nitrogens is 2. The number of benzene rings is 9. The second-order valence-electron chi connectivity index (χ2n) is 16.2. The van der Waals surface area contributed by atoms with Crippen molar-refractivity contribution in [3.05, 3.63) is 229 Å². The summed E-state index contributed by atoms with van der Waals surface area (Å²) in [5, 5.41) is 4.87. The Hall–Kier alpha value is -7.46. The highest BCUT2D eigenvalue weighted by molar-refractivity contribution is 7.25. The maximum atomic E-state index is 5.28. The Bertz CT molecular complexity index is 3490. The molecule has 1 unspecified atom stereocenters. The largest absolute Gasteiger partial charge is 0.228 e. The van der Waals surface area contributed by atoms with Gasteiger partial charge >= 0.3 is 0 Å². The van der Waals surface area contributed by atoms with Crippen molar-refractivity contribution in [1.82, 2.24) is 9.97 Å². The lowest BCUT2D eigenvalue weighted by atomic mass is 9.74. The van der Waals surface area contributed by atoms with Crippen LogP contribution in [0.4, 0.5) is 0 Å². The summed E-state index contributed by atoms with van der Waals surface area (Å²) in [6.07, 6.45) is 0. The van der Waals surface area contributed by atoms with Crippen LogP contribution in [0.25, 0.3) is 98.2 Å². The van der Waals surface area contributed by atoms with Gasteiger partial charge in [-0.2, -0.15) is 0 Å². The van der Waals surface area contributed by atoms with Crippen LogP contribution in [0.2, 0.25) is 0 Å². The Balaban J connectivity index is 0.974. The van der Waals surface area contributed by atoms with Crippen molar-refractivity contribution in [2.45, 2.75) is 12.3 Å². The number of nitrogens with zero attached hydrogens (tertiary/aromatic N) is 2. The number of hydrogen-bond acceptors (Lipinski definition) is 3. The van der Waals surface area contributed by atoms with E-state index in [-0.39, 0.29) is 5.41 Å². The molecule has 9 aromatic carbocycles. The third-order valence-electron chi connectivity index (χ3n) is 12.8. The first kappa shape index (κ1) is 35.5. The van der Waals surface area contributed by atoms with Crippen LogP contribution in [-0.2, 0) is 5.41 Å². The topological polar surface area (TPSA) is 25.8 Å². The van der Waals surface area contributed by atoms with Crippen molar-refractivity contribution in [3.8, 4) is 67.3 Å². The van der Waals surface area contributed by atoms with E-state index in [1.807, 2.05) is 17.4 Å². The van der Waals surface area contributed by atoms with E-state index in [4.69, 9.17) is 9.97 Å². The standard InChI is InChI=1S/C58H38N2S/c1-58(42-19-6-3-7-20-42)51-25-12-10-23-46(51)47-29-27-39(35-52(47)58)38-17-14-18-40(33-38)43-30-31-48(45-22-9-8-21-44(43)45)54-36-53(59-57(60-54)37-15-4-2-5-16-37)41-28-32-56-50(34-41)49-24-11-13-26-55(49)61-56/h2-36H,1H3. The fourth-order valence-corrected chi connectivity index (χ4v) is 10.8. The van der Waals surface area contributed by atoms with Gasteiger partial charge in [0.05, 0.1) is 11.4 Å². The molecule has 12 rings (SSSR count). The van der Waals surface area contributed by atoms with Crippen LogP contribution in [0.3, 0.4) is 0 Å². The molecule has 0 spiro atoms. The Morgan fingerprint density at radius 2 is 0.934 bits per heavy atom. The van der Waals surface area contributed by atoms with Gasteiger partial charge < -0.3 is 0 Å². The molecule has 1 aliphatic rings. The third kappa shape index (κ3) is 5.77. The monoisotopic (exact) mass is 794 g/mol. The zero-order valence-electron chi connectivity index (χ0n) is 33.5. The summed E-state index contributed by atoms with van der Waals surface area (Å²) in [5.74, 6) is 0.713. The van der Waals surface area contributed by atoms with Crippen LogP contribution >= 0.6 is 11.3 Å². The fraction of sp³-hybridized carbons (Fsp3) is 0.0345. The van der Waals surface area contributed by atoms with Crippen molar-refractivity contribution in [2.75, 3.05) is 0 Å². The molecule has 2 aromatic heterocycles. The minimum atomic E-state index is -0.251. The molecule has 0 saturated carbocycles. The predicted molar refractivity (Wildman–Crippen MR) is 257 cm³/mol. The molecule has 286 valence electrons. The highest BCUT2D eigenvalue weighted by Gasteiger charge is 2.40. The first-order valence-corrected chi connectivity index (χ1v) is 21.7. The van der Waals surface area contributed by atoms with Crippen LogP contribution < -0.4 is 0 Å². The Morgan fingerprint density at radius 3 is 1.79 bits per heavy atom. The molecule has 0 fully saturated rings. The SMILES string of the molecule is CC1(c2ccccc2)c2ccccc2-c2ccc(-c3cccc(-c4ccc(-c5cc(-c6ccc7sc8ccccc8c7c6)nc(-c6ccccc6)n5)c5ccccc45)c3)cc21. The van der Waals surface area contributed by atoms with Gasteiger partial charge in [0.1, 0.15) is 0 Å². The highest BCUT2D eigenvalue weighted by Crippen LogP contribution is 2.53. The minimum Gasteiger partial charge on any atom is -0.228 e. The second kappa shape index (κ2) is 14.1. The molecule has 0 N–H and O–H groups in total. The molecule has 0 radical (unpaired) electrons. The van der Waals surface area contributed by atoms with E-state index in [2.05, 4.69) is 213 Å². The van der Waals surface area contributed by atoms with Crippen LogP contribution in [0.5, 0.6) is 0 Å². The molecule has 1 aliphatic carbocycles. The molecule has 2 heterocycles. The molecule has 3 heteroatoms. The van der Waals surface area contributed by atoms with E-state index in [0.717, 1.165) is 33.5 Å².